The smallest absolute Gasteiger partial charge is 0.331 e. The van der Waals surface area contributed by atoms with Crippen LogP contribution < -0.4 is 5.32 Å². The summed E-state index contributed by atoms with van der Waals surface area (Å²) in [6.45, 7) is 1.84. The number of carboxylic acid groups (broad SMARTS) is 1. The first-order chi connectivity index (χ1) is 8.49. The molecule has 2 rings (SSSR count). The highest BCUT2D eigenvalue weighted by Gasteiger charge is 2.34. The maximum absolute atomic E-state index is 11.9. The van der Waals surface area contributed by atoms with Crippen molar-refractivity contribution in [2.45, 2.75) is 25.8 Å². The number of carbonyl (C=O) groups excluding carboxylic acids is 1. The number of rotatable bonds is 5. The fourth-order valence-corrected chi connectivity index (χ4v) is 1.96. The van der Waals surface area contributed by atoms with Gasteiger partial charge >= 0.3 is 5.97 Å². The molecule has 6 heteroatoms. The Bertz CT molecular complexity index is 465. The van der Waals surface area contributed by atoms with Gasteiger partial charge in [0, 0.05) is 24.7 Å². The maximum Gasteiger partial charge on any atom is 0.331 e. The van der Waals surface area contributed by atoms with Crippen molar-refractivity contribution in [3.8, 4) is 0 Å². The molecule has 0 aliphatic heterocycles. The zero-order valence-electron chi connectivity index (χ0n) is 10.5. The second-order valence-corrected chi connectivity index (χ2v) is 4.85. The second-order valence-electron chi connectivity index (χ2n) is 4.85. The molecule has 2 atom stereocenters. The van der Waals surface area contributed by atoms with Crippen LogP contribution in [0.4, 0.5) is 0 Å². The van der Waals surface area contributed by atoms with E-state index in [1.165, 1.54) is 10.9 Å². The van der Waals surface area contributed by atoms with E-state index in [1.807, 2.05) is 6.92 Å². The number of aliphatic carboxylic acids is 1. The predicted molar refractivity (Wildman–Crippen MR) is 63.6 cm³/mol. The first kappa shape index (κ1) is 12.6. The lowest BCUT2D eigenvalue weighted by atomic mass is 10.0. The van der Waals surface area contributed by atoms with E-state index < -0.39 is 12.0 Å². The number of hydrogen-bond donors (Lipinski definition) is 2. The van der Waals surface area contributed by atoms with Crippen molar-refractivity contribution in [2.24, 2.45) is 18.9 Å². The zero-order chi connectivity index (χ0) is 13.3. The highest BCUT2D eigenvalue weighted by atomic mass is 16.4. The Hall–Kier alpha value is -1.85. The summed E-state index contributed by atoms with van der Waals surface area (Å²) >= 11 is 0. The van der Waals surface area contributed by atoms with Gasteiger partial charge in [-0.15, -0.1) is 0 Å². The lowest BCUT2D eigenvalue weighted by molar-refractivity contribution is -0.142. The van der Waals surface area contributed by atoms with Gasteiger partial charge in [0.2, 0.25) is 5.91 Å². The van der Waals surface area contributed by atoms with Gasteiger partial charge in [0.05, 0.1) is 6.20 Å². The molecule has 0 saturated heterocycles. The molecule has 1 heterocycles. The Labute approximate surface area is 105 Å². The van der Waals surface area contributed by atoms with Crippen molar-refractivity contribution in [2.75, 3.05) is 0 Å². The monoisotopic (exact) mass is 251 g/mol. The number of carboxylic acids is 1. The minimum absolute atomic E-state index is 0.122. The molecular weight excluding hydrogens is 234 g/mol. The minimum Gasteiger partial charge on any atom is -0.479 e. The summed E-state index contributed by atoms with van der Waals surface area (Å²) in [4.78, 5) is 23.1. The first-order valence-electron chi connectivity index (χ1n) is 6.00. The van der Waals surface area contributed by atoms with Gasteiger partial charge in [0.25, 0.3) is 0 Å². The Balaban J connectivity index is 2.06. The molecule has 2 unspecified atom stereocenters. The van der Waals surface area contributed by atoms with Crippen LogP contribution in [0.1, 0.15) is 31.4 Å². The molecule has 98 valence electrons. The molecule has 1 aliphatic rings. The average molecular weight is 251 g/mol. The van der Waals surface area contributed by atoms with Gasteiger partial charge in [-0.1, -0.05) is 6.92 Å². The average Bonchev–Trinajstić information content (AvgIpc) is 3.07. The van der Waals surface area contributed by atoms with Crippen LogP contribution >= 0.6 is 0 Å². The third-order valence-electron chi connectivity index (χ3n) is 3.33. The van der Waals surface area contributed by atoms with Crippen molar-refractivity contribution in [3.05, 3.63) is 18.0 Å². The van der Waals surface area contributed by atoms with Crippen molar-refractivity contribution in [3.63, 3.8) is 0 Å². The lowest BCUT2D eigenvalue weighted by Crippen LogP contribution is -2.37. The molecule has 18 heavy (non-hydrogen) atoms. The van der Waals surface area contributed by atoms with Crippen LogP contribution in [-0.2, 0) is 16.6 Å². The maximum atomic E-state index is 11.9. The van der Waals surface area contributed by atoms with Gasteiger partial charge in [-0.3, -0.25) is 9.48 Å². The largest absolute Gasteiger partial charge is 0.479 e. The number of hydrogen-bond acceptors (Lipinski definition) is 3. The van der Waals surface area contributed by atoms with E-state index in [1.54, 1.807) is 13.2 Å². The van der Waals surface area contributed by atoms with Crippen LogP contribution in [0.5, 0.6) is 0 Å². The van der Waals surface area contributed by atoms with Crippen molar-refractivity contribution < 1.29 is 14.7 Å². The van der Waals surface area contributed by atoms with Crippen LogP contribution in [-0.4, -0.2) is 26.8 Å². The van der Waals surface area contributed by atoms with E-state index >= 15 is 0 Å². The number of amides is 1. The van der Waals surface area contributed by atoms with Crippen molar-refractivity contribution in [1.29, 1.82) is 0 Å². The van der Waals surface area contributed by atoms with Gasteiger partial charge in [0.1, 0.15) is 0 Å². The van der Waals surface area contributed by atoms with Crippen LogP contribution in [0.25, 0.3) is 0 Å². The van der Waals surface area contributed by atoms with E-state index in [4.69, 9.17) is 5.11 Å². The highest BCUT2D eigenvalue weighted by molar-refractivity contribution is 5.85. The molecule has 1 aliphatic carbocycles. The Morgan fingerprint density at radius 1 is 1.56 bits per heavy atom. The first-order valence-corrected chi connectivity index (χ1v) is 6.00. The van der Waals surface area contributed by atoms with Gasteiger partial charge in [0.15, 0.2) is 6.04 Å². The third-order valence-corrected chi connectivity index (χ3v) is 3.33. The third kappa shape index (κ3) is 2.69. The van der Waals surface area contributed by atoms with E-state index in [9.17, 15) is 9.59 Å². The fraction of sp³-hybridized carbons (Fsp3) is 0.583. The van der Waals surface area contributed by atoms with E-state index in [0.717, 1.165) is 12.8 Å². The fourth-order valence-electron chi connectivity index (χ4n) is 1.96. The molecule has 1 saturated carbocycles. The molecule has 1 aromatic heterocycles. The number of nitrogens with zero attached hydrogens (tertiary/aromatic N) is 2. The van der Waals surface area contributed by atoms with Gasteiger partial charge in [-0.05, 0) is 18.8 Å². The molecule has 0 aromatic carbocycles. The Kier molecular flexibility index (Phi) is 3.36. The van der Waals surface area contributed by atoms with E-state index in [-0.39, 0.29) is 11.8 Å². The van der Waals surface area contributed by atoms with E-state index in [2.05, 4.69) is 10.4 Å². The zero-order valence-corrected chi connectivity index (χ0v) is 10.5. The van der Waals surface area contributed by atoms with Gasteiger partial charge < -0.3 is 10.4 Å². The number of aryl methyl sites for hydroxylation is 1. The summed E-state index contributed by atoms with van der Waals surface area (Å²) in [5.74, 6) is -0.982. The van der Waals surface area contributed by atoms with Crippen LogP contribution in [0.2, 0.25) is 0 Å². The van der Waals surface area contributed by atoms with Gasteiger partial charge in [-0.25, -0.2) is 4.79 Å². The minimum atomic E-state index is -1.07. The summed E-state index contributed by atoms with van der Waals surface area (Å²) < 4.78 is 1.52. The molecule has 1 aromatic rings. The Morgan fingerprint density at radius 3 is 2.67 bits per heavy atom. The summed E-state index contributed by atoms with van der Waals surface area (Å²) in [5.41, 5.74) is 0.487. The number of nitrogens with one attached hydrogen (secondary N) is 1. The summed E-state index contributed by atoms with van der Waals surface area (Å²) in [7, 11) is 1.71. The normalized spacial score (nSPS) is 18.1. The molecule has 1 amide bonds. The summed E-state index contributed by atoms with van der Waals surface area (Å²) in [5, 5.41) is 15.7. The number of carbonyl (C=O) groups is 2. The van der Waals surface area contributed by atoms with Gasteiger partial charge in [-0.2, -0.15) is 5.10 Å². The molecule has 2 N–H and O–H groups in total. The number of aromatic nitrogens is 2. The molecule has 1 fully saturated rings. The van der Waals surface area contributed by atoms with Crippen molar-refractivity contribution >= 4 is 11.9 Å². The molecule has 6 nitrogen and oxygen atoms in total. The van der Waals surface area contributed by atoms with Crippen LogP contribution in [0.3, 0.4) is 0 Å². The topological polar surface area (TPSA) is 84.2 Å². The summed E-state index contributed by atoms with van der Waals surface area (Å²) in [6, 6.07) is -1.02. The lowest BCUT2D eigenvalue weighted by Gasteiger charge is -2.16. The second kappa shape index (κ2) is 4.80. The summed E-state index contributed by atoms with van der Waals surface area (Å²) in [6.07, 6.45) is 5.17. The highest BCUT2D eigenvalue weighted by Crippen LogP contribution is 2.36. The SMILES string of the molecule is CC(C(=O)NC(C(=O)O)c1cnn(C)c1)C1CC1. The molecule has 0 bridgehead atoms. The molecule has 0 radical (unpaired) electrons. The van der Waals surface area contributed by atoms with Crippen LogP contribution in [0, 0.1) is 11.8 Å². The van der Waals surface area contributed by atoms with E-state index in [0.29, 0.717) is 11.5 Å². The standard InChI is InChI=1S/C12H17N3O3/c1-7(8-3-4-8)11(16)14-10(12(17)18)9-5-13-15(2)6-9/h5-8,10H,3-4H2,1-2H3,(H,14,16)(H,17,18). The predicted octanol–water partition coefficient (Wildman–Crippen LogP) is 0.708. The molecule has 0 spiro atoms. The van der Waals surface area contributed by atoms with Crippen molar-refractivity contribution in [1.82, 2.24) is 15.1 Å². The molecular formula is C12H17N3O3. The Morgan fingerprint density at radius 2 is 2.22 bits per heavy atom. The van der Waals surface area contributed by atoms with Crippen LogP contribution in [0.15, 0.2) is 12.4 Å². The quantitative estimate of drug-likeness (QED) is 0.807.